The number of likely N-dealkylation sites (tertiary alicyclic amines) is 1. The maximum Gasteiger partial charge on any atom is 0.318 e. The number of urea groups is 1. The van der Waals surface area contributed by atoms with E-state index in [9.17, 15) is 4.79 Å². The Morgan fingerprint density at radius 2 is 2.15 bits per heavy atom. The van der Waals surface area contributed by atoms with Crippen molar-refractivity contribution in [2.24, 2.45) is 5.92 Å². The number of nitrogens with one attached hydrogen (secondary N) is 1. The van der Waals surface area contributed by atoms with E-state index in [1.165, 1.54) is 12.8 Å². The average molecular weight is 373 g/mol. The van der Waals surface area contributed by atoms with Gasteiger partial charge in [0.15, 0.2) is 0 Å². The van der Waals surface area contributed by atoms with E-state index < -0.39 is 0 Å². The molecule has 0 saturated carbocycles. The molecular weight excluding hydrogens is 344 g/mol. The number of carbonyl (C=O) groups is 1. The van der Waals surface area contributed by atoms with Crippen LogP contribution in [-0.4, -0.2) is 47.5 Å². The molecular formula is C20H28N4OS. The summed E-state index contributed by atoms with van der Waals surface area (Å²) in [6.45, 7) is 6.18. The van der Waals surface area contributed by atoms with Crippen LogP contribution in [0.2, 0.25) is 0 Å². The molecule has 2 aromatic rings. The summed E-state index contributed by atoms with van der Waals surface area (Å²) >= 11 is 1.61. The molecule has 140 valence electrons. The highest BCUT2D eigenvalue weighted by molar-refractivity contribution is 7.09. The number of rotatable bonds is 6. The van der Waals surface area contributed by atoms with Crippen molar-refractivity contribution in [1.29, 1.82) is 0 Å². The third kappa shape index (κ3) is 5.29. The zero-order valence-electron chi connectivity index (χ0n) is 15.6. The largest absolute Gasteiger partial charge is 0.338 e. The molecule has 1 aliphatic heterocycles. The summed E-state index contributed by atoms with van der Waals surface area (Å²) in [6, 6.07) is 10.2. The van der Waals surface area contributed by atoms with Gasteiger partial charge >= 0.3 is 6.03 Å². The number of amides is 2. The lowest BCUT2D eigenvalue weighted by molar-refractivity contribution is 0.179. The summed E-state index contributed by atoms with van der Waals surface area (Å²) in [6.07, 6.45) is 2.40. The maximum absolute atomic E-state index is 12.9. The Morgan fingerprint density at radius 1 is 1.35 bits per heavy atom. The fourth-order valence-corrected chi connectivity index (χ4v) is 4.23. The van der Waals surface area contributed by atoms with E-state index >= 15 is 0 Å². The van der Waals surface area contributed by atoms with E-state index in [2.05, 4.69) is 34.4 Å². The molecule has 0 aliphatic carbocycles. The minimum absolute atomic E-state index is 0.00915. The third-order valence-electron chi connectivity index (χ3n) is 4.95. The second kappa shape index (κ2) is 9.14. The highest BCUT2D eigenvalue weighted by Gasteiger charge is 2.21. The normalized spacial score (nSPS) is 17.8. The van der Waals surface area contributed by atoms with Crippen LogP contribution in [-0.2, 0) is 13.1 Å². The predicted molar refractivity (Wildman–Crippen MR) is 106 cm³/mol. The number of piperidine rings is 1. The lowest BCUT2D eigenvalue weighted by Crippen LogP contribution is -2.44. The standard InChI is InChI=1S/C20H28N4OS/c1-16-19(26-15-22-16)14-24(13-17-7-4-3-5-8-17)20(25)21-11-18-9-6-10-23(2)12-18/h3-5,7-8,15,18H,6,9-14H2,1-2H3,(H,21,25)/t18-/m1/s1. The zero-order valence-corrected chi connectivity index (χ0v) is 16.5. The second-order valence-electron chi connectivity index (χ2n) is 7.16. The number of aromatic nitrogens is 1. The number of thiazole rings is 1. The zero-order chi connectivity index (χ0) is 18.4. The summed E-state index contributed by atoms with van der Waals surface area (Å²) < 4.78 is 0. The van der Waals surface area contributed by atoms with Gasteiger partial charge in [-0.05, 0) is 44.8 Å². The van der Waals surface area contributed by atoms with Crippen LogP contribution in [0.1, 0.15) is 29.0 Å². The van der Waals surface area contributed by atoms with Crippen LogP contribution in [0.15, 0.2) is 35.8 Å². The Balaban J connectivity index is 1.63. The van der Waals surface area contributed by atoms with Crippen molar-refractivity contribution in [3.8, 4) is 0 Å². The van der Waals surface area contributed by atoms with E-state index in [1.54, 1.807) is 11.3 Å². The maximum atomic E-state index is 12.9. The van der Waals surface area contributed by atoms with Crippen molar-refractivity contribution in [3.05, 3.63) is 52.0 Å². The first-order chi connectivity index (χ1) is 12.6. The highest BCUT2D eigenvalue weighted by atomic mass is 32.1. The van der Waals surface area contributed by atoms with Gasteiger partial charge in [-0.15, -0.1) is 11.3 Å². The summed E-state index contributed by atoms with van der Waals surface area (Å²) in [7, 11) is 2.16. The van der Waals surface area contributed by atoms with Crippen molar-refractivity contribution in [3.63, 3.8) is 0 Å². The second-order valence-corrected chi connectivity index (χ2v) is 8.10. The van der Waals surface area contributed by atoms with Crippen LogP contribution in [0, 0.1) is 12.8 Å². The number of hydrogen-bond acceptors (Lipinski definition) is 4. The molecule has 0 bridgehead atoms. The van der Waals surface area contributed by atoms with Crippen molar-refractivity contribution >= 4 is 17.4 Å². The lowest BCUT2D eigenvalue weighted by Gasteiger charge is -2.30. The molecule has 6 heteroatoms. The van der Waals surface area contributed by atoms with Crippen LogP contribution in [0.3, 0.4) is 0 Å². The van der Waals surface area contributed by atoms with Crippen LogP contribution < -0.4 is 5.32 Å². The minimum Gasteiger partial charge on any atom is -0.338 e. The van der Waals surface area contributed by atoms with E-state index in [-0.39, 0.29) is 6.03 Å². The van der Waals surface area contributed by atoms with Gasteiger partial charge in [0.2, 0.25) is 0 Å². The first kappa shape index (κ1) is 18.9. The van der Waals surface area contributed by atoms with Crippen molar-refractivity contribution in [1.82, 2.24) is 20.1 Å². The van der Waals surface area contributed by atoms with Gasteiger partial charge in [0.05, 0.1) is 17.7 Å². The smallest absolute Gasteiger partial charge is 0.318 e. The summed E-state index contributed by atoms with van der Waals surface area (Å²) in [5, 5.41) is 3.17. The van der Waals surface area contributed by atoms with Gasteiger partial charge in [0.25, 0.3) is 0 Å². The number of aryl methyl sites for hydroxylation is 1. The minimum atomic E-state index is 0.00915. The molecule has 1 aromatic heterocycles. The first-order valence-electron chi connectivity index (χ1n) is 9.26. The molecule has 1 atom stereocenters. The third-order valence-corrected chi connectivity index (χ3v) is 5.87. The monoisotopic (exact) mass is 372 g/mol. The van der Waals surface area contributed by atoms with Crippen LogP contribution in [0.5, 0.6) is 0 Å². The van der Waals surface area contributed by atoms with E-state index in [4.69, 9.17) is 0 Å². The fourth-order valence-electron chi connectivity index (χ4n) is 3.44. The molecule has 0 radical (unpaired) electrons. The molecule has 1 fully saturated rings. The highest BCUT2D eigenvalue weighted by Crippen LogP contribution is 2.18. The van der Waals surface area contributed by atoms with Crippen LogP contribution in [0.4, 0.5) is 4.79 Å². The average Bonchev–Trinajstić information content (AvgIpc) is 3.05. The lowest BCUT2D eigenvalue weighted by atomic mass is 9.99. The molecule has 0 spiro atoms. The number of hydrogen-bond donors (Lipinski definition) is 1. The van der Waals surface area contributed by atoms with E-state index in [0.717, 1.165) is 35.8 Å². The Hall–Kier alpha value is -1.92. The van der Waals surface area contributed by atoms with Gasteiger partial charge in [-0.1, -0.05) is 30.3 Å². The topological polar surface area (TPSA) is 48.5 Å². The molecule has 1 N–H and O–H groups in total. The SMILES string of the molecule is Cc1ncsc1CN(Cc1ccccc1)C(=O)NC[C@H]1CCCN(C)C1. The molecule has 2 heterocycles. The summed E-state index contributed by atoms with van der Waals surface area (Å²) in [5.74, 6) is 0.543. The molecule has 1 saturated heterocycles. The van der Waals surface area contributed by atoms with Gasteiger partial charge in [-0.25, -0.2) is 9.78 Å². The van der Waals surface area contributed by atoms with Gasteiger partial charge in [0, 0.05) is 24.5 Å². The molecule has 26 heavy (non-hydrogen) atoms. The molecule has 0 unspecified atom stereocenters. The molecule has 1 aromatic carbocycles. The quantitative estimate of drug-likeness (QED) is 0.844. The first-order valence-corrected chi connectivity index (χ1v) is 10.1. The van der Waals surface area contributed by atoms with Crippen LogP contribution in [0.25, 0.3) is 0 Å². The van der Waals surface area contributed by atoms with Gasteiger partial charge in [0.1, 0.15) is 0 Å². The van der Waals surface area contributed by atoms with Gasteiger partial charge in [-0.3, -0.25) is 0 Å². The van der Waals surface area contributed by atoms with Crippen LogP contribution >= 0.6 is 11.3 Å². The summed E-state index contributed by atoms with van der Waals surface area (Å²) in [5.41, 5.74) is 4.00. The predicted octanol–water partition coefficient (Wildman–Crippen LogP) is 3.51. The van der Waals surface area contributed by atoms with Gasteiger partial charge < -0.3 is 15.1 Å². The number of benzene rings is 1. The number of nitrogens with zero attached hydrogens (tertiary/aromatic N) is 3. The molecule has 3 rings (SSSR count). The van der Waals surface area contributed by atoms with Gasteiger partial charge in [-0.2, -0.15) is 0 Å². The Kier molecular flexibility index (Phi) is 6.63. The van der Waals surface area contributed by atoms with Crippen molar-refractivity contribution < 1.29 is 4.79 Å². The number of carbonyl (C=O) groups excluding carboxylic acids is 1. The molecule has 2 amide bonds. The molecule has 1 aliphatic rings. The van der Waals surface area contributed by atoms with Crippen molar-refractivity contribution in [2.45, 2.75) is 32.9 Å². The Bertz CT molecular complexity index is 703. The van der Waals surface area contributed by atoms with Crippen molar-refractivity contribution in [2.75, 3.05) is 26.7 Å². The summed E-state index contributed by atoms with van der Waals surface area (Å²) in [4.78, 5) is 22.6. The van der Waals surface area contributed by atoms with E-state index in [1.807, 2.05) is 35.5 Å². The molecule has 5 nitrogen and oxygen atoms in total. The van der Waals surface area contributed by atoms with E-state index in [0.29, 0.717) is 19.0 Å². The Morgan fingerprint density at radius 3 is 2.85 bits per heavy atom. The Labute approximate surface area is 160 Å². The fraction of sp³-hybridized carbons (Fsp3) is 0.500.